The number of hydrogen-bond acceptors (Lipinski definition) is 3. The summed E-state index contributed by atoms with van der Waals surface area (Å²) in [6.45, 7) is 2.19. The topological polar surface area (TPSA) is 66.4 Å². The molecule has 1 saturated carbocycles. The van der Waals surface area contributed by atoms with E-state index < -0.39 is 5.97 Å². The zero-order valence-corrected chi connectivity index (χ0v) is 11.1. The third-order valence-corrected chi connectivity index (χ3v) is 4.10. The van der Waals surface area contributed by atoms with Crippen LogP contribution in [0.5, 0.6) is 0 Å². The molecule has 1 aliphatic carbocycles. The van der Waals surface area contributed by atoms with Gasteiger partial charge in [0, 0.05) is 6.04 Å². The number of hydrogen-bond donors (Lipinski definition) is 2. The van der Waals surface area contributed by atoms with Gasteiger partial charge in [-0.1, -0.05) is 26.2 Å². The first-order valence-electron chi connectivity index (χ1n) is 6.20. The molecule has 0 bridgehead atoms. The van der Waals surface area contributed by atoms with Crippen molar-refractivity contribution in [3.8, 4) is 0 Å². The largest absolute Gasteiger partial charge is 0.481 e. The van der Waals surface area contributed by atoms with Gasteiger partial charge in [0.1, 0.15) is 0 Å². The standard InChI is InChI=1S/C12H21NO3S/c1-2-9-4-3-5-10(6-9)13-11(14)7-17-8-12(15)16/h9-10H,2-8H2,1H3,(H,13,14)(H,15,16). The van der Waals surface area contributed by atoms with E-state index in [2.05, 4.69) is 12.2 Å². The zero-order chi connectivity index (χ0) is 12.7. The highest BCUT2D eigenvalue weighted by atomic mass is 32.2. The molecule has 1 aliphatic rings. The minimum atomic E-state index is -0.869. The summed E-state index contributed by atoms with van der Waals surface area (Å²) in [5, 5.41) is 11.5. The van der Waals surface area contributed by atoms with Crippen LogP contribution in [-0.2, 0) is 9.59 Å². The molecule has 0 aromatic rings. The molecule has 2 unspecified atom stereocenters. The van der Waals surface area contributed by atoms with Crippen LogP contribution < -0.4 is 5.32 Å². The van der Waals surface area contributed by atoms with Crippen LogP contribution in [0.15, 0.2) is 0 Å². The number of carboxylic acids is 1. The van der Waals surface area contributed by atoms with Crippen LogP contribution in [0.2, 0.25) is 0 Å². The molecule has 1 rings (SSSR count). The Bertz CT molecular complexity index is 270. The second kappa shape index (κ2) is 7.58. The van der Waals surface area contributed by atoms with E-state index in [1.54, 1.807) is 0 Å². The lowest BCUT2D eigenvalue weighted by molar-refractivity contribution is -0.133. The van der Waals surface area contributed by atoms with Crippen LogP contribution in [0, 0.1) is 5.92 Å². The van der Waals surface area contributed by atoms with Crippen molar-refractivity contribution in [1.82, 2.24) is 5.32 Å². The third kappa shape index (κ3) is 5.96. The summed E-state index contributed by atoms with van der Waals surface area (Å²) in [6.07, 6.45) is 5.78. The lowest BCUT2D eigenvalue weighted by Crippen LogP contribution is -2.39. The highest BCUT2D eigenvalue weighted by molar-refractivity contribution is 8.00. The Labute approximate surface area is 107 Å². The molecule has 0 heterocycles. The summed E-state index contributed by atoms with van der Waals surface area (Å²) in [5.41, 5.74) is 0. The fourth-order valence-electron chi connectivity index (χ4n) is 2.29. The van der Waals surface area contributed by atoms with Gasteiger partial charge in [-0.25, -0.2) is 0 Å². The van der Waals surface area contributed by atoms with Gasteiger partial charge in [-0.2, -0.15) is 0 Å². The van der Waals surface area contributed by atoms with Crippen LogP contribution in [0.3, 0.4) is 0 Å². The maximum Gasteiger partial charge on any atom is 0.313 e. The zero-order valence-electron chi connectivity index (χ0n) is 10.3. The summed E-state index contributed by atoms with van der Waals surface area (Å²) in [7, 11) is 0. The van der Waals surface area contributed by atoms with Gasteiger partial charge in [0.25, 0.3) is 0 Å². The molecule has 17 heavy (non-hydrogen) atoms. The summed E-state index contributed by atoms with van der Waals surface area (Å²) in [4.78, 5) is 21.9. The van der Waals surface area contributed by atoms with Crippen molar-refractivity contribution in [2.24, 2.45) is 5.92 Å². The lowest BCUT2D eigenvalue weighted by atomic mass is 9.84. The van der Waals surface area contributed by atoms with E-state index in [9.17, 15) is 9.59 Å². The average molecular weight is 259 g/mol. The molecular weight excluding hydrogens is 238 g/mol. The highest BCUT2D eigenvalue weighted by Crippen LogP contribution is 2.26. The summed E-state index contributed by atoms with van der Waals surface area (Å²) in [5.74, 6) is 0.0835. The predicted octanol–water partition coefficient (Wildman–Crippen LogP) is 1.89. The molecule has 1 amide bonds. The van der Waals surface area contributed by atoms with E-state index in [4.69, 9.17) is 5.11 Å². The molecule has 2 atom stereocenters. The molecule has 0 saturated heterocycles. The van der Waals surface area contributed by atoms with Crippen molar-refractivity contribution >= 4 is 23.6 Å². The Morgan fingerprint density at radius 2 is 2.12 bits per heavy atom. The van der Waals surface area contributed by atoms with Gasteiger partial charge >= 0.3 is 5.97 Å². The Balaban J connectivity index is 2.19. The molecular formula is C12H21NO3S. The molecule has 0 radical (unpaired) electrons. The fourth-order valence-corrected chi connectivity index (χ4v) is 2.84. The number of aliphatic carboxylic acids is 1. The number of amides is 1. The minimum absolute atomic E-state index is 0.00429. The lowest BCUT2D eigenvalue weighted by Gasteiger charge is -2.29. The number of nitrogens with one attached hydrogen (secondary N) is 1. The summed E-state index contributed by atoms with van der Waals surface area (Å²) < 4.78 is 0. The third-order valence-electron chi connectivity index (χ3n) is 3.18. The minimum Gasteiger partial charge on any atom is -0.481 e. The van der Waals surface area contributed by atoms with Gasteiger partial charge in [0.05, 0.1) is 11.5 Å². The average Bonchev–Trinajstić information content (AvgIpc) is 2.28. The van der Waals surface area contributed by atoms with Crippen molar-refractivity contribution in [2.45, 2.75) is 45.1 Å². The first-order valence-corrected chi connectivity index (χ1v) is 7.36. The number of carbonyl (C=O) groups is 2. The fraction of sp³-hybridized carbons (Fsp3) is 0.833. The van der Waals surface area contributed by atoms with Crippen LogP contribution in [0.4, 0.5) is 0 Å². The van der Waals surface area contributed by atoms with E-state index >= 15 is 0 Å². The van der Waals surface area contributed by atoms with Crippen LogP contribution in [-0.4, -0.2) is 34.5 Å². The van der Waals surface area contributed by atoms with Crippen LogP contribution in [0.25, 0.3) is 0 Å². The van der Waals surface area contributed by atoms with E-state index in [0.29, 0.717) is 6.04 Å². The molecule has 0 spiro atoms. The summed E-state index contributed by atoms with van der Waals surface area (Å²) in [6, 6.07) is 0.298. The normalized spacial score (nSPS) is 24.3. The number of carbonyl (C=O) groups excluding carboxylic acids is 1. The number of carboxylic acid groups (broad SMARTS) is 1. The Kier molecular flexibility index (Phi) is 6.40. The molecule has 4 nitrogen and oxygen atoms in total. The van der Waals surface area contributed by atoms with Gasteiger partial charge in [0.15, 0.2) is 0 Å². The van der Waals surface area contributed by atoms with E-state index in [-0.39, 0.29) is 17.4 Å². The van der Waals surface area contributed by atoms with Gasteiger partial charge in [-0.3, -0.25) is 9.59 Å². The number of thioether (sulfide) groups is 1. The molecule has 0 aliphatic heterocycles. The second-order valence-corrected chi connectivity index (χ2v) is 5.58. The number of rotatable bonds is 6. The van der Waals surface area contributed by atoms with Gasteiger partial charge in [0.2, 0.25) is 5.91 Å². The van der Waals surface area contributed by atoms with Gasteiger partial charge in [-0.15, -0.1) is 11.8 Å². The van der Waals surface area contributed by atoms with E-state index in [1.807, 2.05) is 0 Å². The maximum absolute atomic E-state index is 11.6. The molecule has 2 N–H and O–H groups in total. The smallest absolute Gasteiger partial charge is 0.313 e. The van der Waals surface area contributed by atoms with Crippen LogP contribution >= 0.6 is 11.8 Å². The second-order valence-electron chi connectivity index (χ2n) is 4.59. The van der Waals surface area contributed by atoms with E-state index in [1.165, 1.54) is 19.3 Å². The molecule has 0 aromatic carbocycles. The first-order chi connectivity index (χ1) is 8.11. The SMILES string of the molecule is CCC1CCCC(NC(=O)CSCC(=O)O)C1. The summed E-state index contributed by atoms with van der Waals surface area (Å²) >= 11 is 1.15. The molecule has 1 fully saturated rings. The van der Waals surface area contributed by atoms with Crippen molar-refractivity contribution in [2.75, 3.05) is 11.5 Å². The van der Waals surface area contributed by atoms with Crippen LogP contribution in [0.1, 0.15) is 39.0 Å². The molecule has 98 valence electrons. The van der Waals surface area contributed by atoms with Gasteiger partial charge in [-0.05, 0) is 18.8 Å². The monoisotopic (exact) mass is 259 g/mol. The van der Waals surface area contributed by atoms with Crippen molar-refractivity contribution in [3.63, 3.8) is 0 Å². The van der Waals surface area contributed by atoms with Crippen molar-refractivity contribution in [1.29, 1.82) is 0 Å². The van der Waals surface area contributed by atoms with E-state index in [0.717, 1.165) is 30.5 Å². The Hall–Kier alpha value is -0.710. The highest BCUT2D eigenvalue weighted by Gasteiger charge is 2.21. The molecule has 0 aromatic heterocycles. The van der Waals surface area contributed by atoms with Gasteiger partial charge < -0.3 is 10.4 Å². The predicted molar refractivity (Wildman–Crippen MR) is 69.1 cm³/mol. The Morgan fingerprint density at radius 3 is 2.76 bits per heavy atom. The van der Waals surface area contributed by atoms with Crippen molar-refractivity contribution < 1.29 is 14.7 Å². The Morgan fingerprint density at radius 1 is 1.35 bits per heavy atom. The molecule has 5 heteroatoms. The first kappa shape index (κ1) is 14.4. The quantitative estimate of drug-likeness (QED) is 0.764. The maximum atomic E-state index is 11.6. The van der Waals surface area contributed by atoms with Crippen molar-refractivity contribution in [3.05, 3.63) is 0 Å².